The Labute approximate surface area is 116 Å². The lowest BCUT2D eigenvalue weighted by Gasteiger charge is -2.36. The topological polar surface area (TPSA) is 20.3 Å². The fourth-order valence-electron chi connectivity index (χ4n) is 3.19. The average Bonchev–Trinajstić information content (AvgIpc) is 2.49. The normalized spacial score (nSPS) is 18.0. The summed E-state index contributed by atoms with van der Waals surface area (Å²) >= 11 is 0. The summed E-state index contributed by atoms with van der Waals surface area (Å²) in [6.45, 7) is 4.17. The van der Waals surface area contributed by atoms with Gasteiger partial charge in [-0.15, -0.1) is 0 Å². The first-order valence-corrected chi connectivity index (χ1v) is 7.61. The number of hydrogen-bond donors (Lipinski definition) is 0. The number of benzene rings is 1. The van der Waals surface area contributed by atoms with Gasteiger partial charge in [-0.2, -0.15) is 0 Å². The van der Waals surface area contributed by atoms with E-state index in [1.54, 1.807) is 0 Å². The summed E-state index contributed by atoms with van der Waals surface area (Å²) in [6, 6.07) is 10.4. The molecule has 104 valence electrons. The molecule has 1 amide bonds. The molecule has 0 N–H and O–H groups in total. The molecule has 1 atom stereocenters. The molecule has 0 unspecified atom stereocenters. The fraction of sp³-hybridized carbons (Fsp3) is 0.588. The van der Waals surface area contributed by atoms with E-state index in [9.17, 15) is 4.79 Å². The largest absolute Gasteiger partial charge is 0.309 e. The summed E-state index contributed by atoms with van der Waals surface area (Å²) < 4.78 is 0. The van der Waals surface area contributed by atoms with Crippen LogP contribution in [0.25, 0.3) is 0 Å². The first-order valence-electron chi connectivity index (χ1n) is 7.61. The van der Waals surface area contributed by atoms with Crippen LogP contribution in [0.4, 0.5) is 5.69 Å². The molecule has 2 nitrogen and oxygen atoms in total. The van der Waals surface area contributed by atoms with Crippen LogP contribution in [0.15, 0.2) is 30.3 Å². The molecule has 1 saturated carbocycles. The van der Waals surface area contributed by atoms with E-state index in [2.05, 4.69) is 6.92 Å². The molecule has 1 aliphatic rings. The molecule has 19 heavy (non-hydrogen) atoms. The Bertz CT molecular complexity index is 395. The summed E-state index contributed by atoms with van der Waals surface area (Å²) in [5.74, 6) is 0.897. The maximum absolute atomic E-state index is 12.3. The highest BCUT2D eigenvalue weighted by atomic mass is 16.2. The Hall–Kier alpha value is -1.31. The van der Waals surface area contributed by atoms with Crippen LogP contribution >= 0.6 is 0 Å². The van der Waals surface area contributed by atoms with Crippen molar-refractivity contribution in [3.63, 3.8) is 0 Å². The van der Waals surface area contributed by atoms with E-state index in [4.69, 9.17) is 0 Å². The molecule has 2 rings (SSSR count). The smallest absolute Gasteiger partial charge is 0.226 e. The van der Waals surface area contributed by atoms with Crippen LogP contribution < -0.4 is 4.90 Å². The molecule has 0 spiro atoms. The van der Waals surface area contributed by atoms with Gasteiger partial charge in [-0.05, 0) is 37.8 Å². The van der Waals surface area contributed by atoms with Crippen LogP contribution in [0.5, 0.6) is 0 Å². The van der Waals surface area contributed by atoms with Gasteiger partial charge in [0.2, 0.25) is 5.91 Å². The van der Waals surface area contributed by atoms with Gasteiger partial charge in [0, 0.05) is 18.2 Å². The number of nitrogens with zero attached hydrogens (tertiary/aromatic N) is 1. The van der Waals surface area contributed by atoms with E-state index in [1.165, 1.54) is 32.1 Å². The van der Waals surface area contributed by atoms with Crippen molar-refractivity contribution in [2.75, 3.05) is 4.90 Å². The van der Waals surface area contributed by atoms with Crippen LogP contribution in [0.2, 0.25) is 0 Å². The number of amides is 1. The molecule has 0 radical (unpaired) electrons. The second kappa shape index (κ2) is 6.74. The summed E-state index contributed by atoms with van der Waals surface area (Å²) in [5.41, 5.74) is 1.05. The van der Waals surface area contributed by atoms with Gasteiger partial charge in [0.05, 0.1) is 0 Å². The second-order valence-corrected chi connectivity index (χ2v) is 5.59. The molecule has 1 aromatic rings. The number of carbonyl (C=O) groups excluding carboxylic acids is 1. The third-order valence-electron chi connectivity index (χ3n) is 4.34. The number of rotatable bonds is 4. The van der Waals surface area contributed by atoms with Gasteiger partial charge in [-0.1, -0.05) is 44.4 Å². The van der Waals surface area contributed by atoms with E-state index in [0.717, 1.165) is 5.69 Å². The Morgan fingerprint density at radius 1 is 1.21 bits per heavy atom. The van der Waals surface area contributed by atoms with Gasteiger partial charge in [0.1, 0.15) is 0 Å². The molecular weight excluding hydrogens is 234 g/mol. The quantitative estimate of drug-likeness (QED) is 0.785. The van der Waals surface area contributed by atoms with E-state index in [-0.39, 0.29) is 5.91 Å². The van der Waals surface area contributed by atoms with E-state index < -0.39 is 0 Å². The zero-order valence-corrected chi connectivity index (χ0v) is 12.1. The number of para-hydroxylation sites is 1. The number of anilines is 1. The maximum Gasteiger partial charge on any atom is 0.226 e. The highest BCUT2D eigenvalue weighted by Gasteiger charge is 2.28. The molecule has 1 aliphatic carbocycles. The Kier molecular flexibility index (Phi) is 5.00. The predicted molar refractivity (Wildman–Crippen MR) is 80.3 cm³/mol. The van der Waals surface area contributed by atoms with Gasteiger partial charge in [0.25, 0.3) is 0 Å². The van der Waals surface area contributed by atoms with Crippen molar-refractivity contribution in [2.24, 2.45) is 5.92 Å². The third-order valence-corrected chi connectivity index (χ3v) is 4.34. The number of carbonyl (C=O) groups is 1. The lowest BCUT2D eigenvalue weighted by molar-refractivity contribution is -0.119. The highest BCUT2D eigenvalue weighted by molar-refractivity contribution is 5.93. The third kappa shape index (κ3) is 3.37. The van der Waals surface area contributed by atoms with Crippen LogP contribution in [0, 0.1) is 5.92 Å². The molecule has 0 aromatic heterocycles. The van der Waals surface area contributed by atoms with Crippen molar-refractivity contribution in [2.45, 2.75) is 58.4 Å². The SMILES string of the molecule is CCC(=O)N(c1ccccc1)[C@H](C)C1CCCCC1. The van der Waals surface area contributed by atoms with Crippen molar-refractivity contribution in [3.05, 3.63) is 30.3 Å². The fourth-order valence-corrected chi connectivity index (χ4v) is 3.19. The Balaban J connectivity index is 2.19. The Morgan fingerprint density at radius 3 is 2.42 bits per heavy atom. The standard InChI is InChI=1S/C17H25NO/c1-3-17(19)18(16-12-8-5-9-13-16)14(2)15-10-6-4-7-11-15/h5,8-9,12-15H,3-4,6-7,10-11H2,1-2H3/t14-/m1/s1. The summed E-state index contributed by atoms with van der Waals surface area (Å²) in [6.07, 6.45) is 7.10. The minimum atomic E-state index is 0.240. The lowest BCUT2D eigenvalue weighted by atomic mass is 9.83. The van der Waals surface area contributed by atoms with Crippen LogP contribution in [0.3, 0.4) is 0 Å². The van der Waals surface area contributed by atoms with Crippen molar-refractivity contribution in [1.29, 1.82) is 0 Å². The van der Waals surface area contributed by atoms with Crippen molar-refractivity contribution in [3.8, 4) is 0 Å². The summed E-state index contributed by atoms with van der Waals surface area (Å²) in [7, 11) is 0. The van der Waals surface area contributed by atoms with Crippen LogP contribution in [0.1, 0.15) is 52.4 Å². The molecule has 0 saturated heterocycles. The highest BCUT2D eigenvalue weighted by Crippen LogP contribution is 2.31. The number of hydrogen-bond acceptors (Lipinski definition) is 1. The first kappa shape index (κ1) is 14.1. The van der Waals surface area contributed by atoms with Crippen LogP contribution in [-0.2, 0) is 4.79 Å². The minimum Gasteiger partial charge on any atom is -0.309 e. The zero-order valence-electron chi connectivity index (χ0n) is 12.1. The van der Waals surface area contributed by atoms with Gasteiger partial charge >= 0.3 is 0 Å². The molecule has 0 bridgehead atoms. The second-order valence-electron chi connectivity index (χ2n) is 5.59. The summed E-state index contributed by atoms with van der Waals surface area (Å²) in [4.78, 5) is 14.3. The van der Waals surface area contributed by atoms with Gasteiger partial charge in [0.15, 0.2) is 0 Å². The lowest BCUT2D eigenvalue weighted by Crippen LogP contribution is -2.43. The van der Waals surface area contributed by atoms with Crippen molar-refractivity contribution < 1.29 is 4.79 Å². The molecule has 1 aromatic carbocycles. The molecular formula is C17H25NO. The average molecular weight is 259 g/mol. The monoisotopic (exact) mass is 259 g/mol. The van der Waals surface area contributed by atoms with Crippen LogP contribution in [-0.4, -0.2) is 11.9 Å². The van der Waals surface area contributed by atoms with Crippen molar-refractivity contribution in [1.82, 2.24) is 0 Å². The van der Waals surface area contributed by atoms with Crippen molar-refractivity contribution >= 4 is 11.6 Å². The predicted octanol–water partition coefficient (Wildman–Crippen LogP) is 4.40. The van der Waals surface area contributed by atoms with Gasteiger partial charge < -0.3 is 4.90 Å². The maximum atomic E-state index is 12.3. The van der Waals surface area contributed by atoms with E-state index in [0.29, 0.717) is 18.4 Å². The van der Waals surface area contributed by atoms with E-state index in [1.807, 2.05) is 42.2 Å². The molecule has 0 heterocycles. The van der Waals surface area contributed by atoms with Gasteiger partial charge in [-0.25, -0.2) is 0 Å². The summed E-state index contributed by atoms with van der Waals surface area (Å²) in [5, 5.41) is 0. The van der Waals surface area contributed by atoms with Gasteiger partial charge in [-0.3, -0.25) is 4.79 Å². The molecule has 1 fully saturated rings. The Morgan fingerprint density at radius 2 is 1.84 bits per heavy atom. The van der Waals surface area contributed by atoms with E-state index >= 15 is 0 Å². The molecule has 0 aliphatic heterocycles. The first-order chi connectivity index (χ1) is 9.24. The molecule has 2 heteroatoms. The zero-order chi connectivity index (χ0) is 13.7. The minimum absolute atomic E-state index is 0.240.